The largest absolute Gasteiger partial charge is 0.343 e. The lowest BCUT2D eigenvalue weighted by Gasteiger charge is -2.17. The van der Waals surface area contributed by atoms with Gasteiger partial charge in [0, 0.05) is 11.4 Å². The van der Waals surface area contributed by atoms with Gasteiger partial charge in [0.15, 0.2) is 0 Å². The summed E-state index contributed by atoms with van der Waals surface area (Å²) in [5.41, 5.74) is 1.75. The molecular formula is C10H10N2O2S2. The van der Waals surface area contributed by atoms with Crippen LogP contribution in [0.25, 0.3) is 0 Å². The molecule has 1 aromatic rings. The highest BCUT2D eigenvalue weighted by Gasteiger charge is 2.15. The first-order valence-corrected chi connectivity index (χ1v) is 6.11. The number of hydrogen-bond donors (Lipinski definition) is 3. The van der Waals surface area contributed by atoms with E-state index in [9.17, 15) is 9.59 Å². The molecule has 2 rings (SSSR count). The van der Waals surface area contributed by atoms with Gasteiger partial charge in [0.05, 0.1) is 11.4 Å². The van der Waals surface area contributed by atoms with Crippen LogP contribution in [0.15, 0.2) is 23.1 Å². The molecule has 0 aromatic heterocycles. The fourth-order valence-electron chi connectivity index (χ4n) is 1.42. The van der Waals surface area contributed by atoms with Crippen molar-refractivity contribution in [2.45, 2.75) is 11.4 Å². The Hall–Kier alpha value is -1.14. The highest BCUT2D eigenvalue weighted by Crippen LogP contribution is 2.31. The predicted octanol–water partition coefficient (Wildman–Crippen LogP) is 1.87. The van der Waals surface area contributed by atoms with Crippen molar-refractivity contribution in [1.82, 2.24) is 5.32 Å². The third-order valence-corrected chi connectivity index (χ3v) is 3.35. The normalized spacial score (nSPS) is 13.9. The monoisotopic (exact) mass is 254 g/mol. The molecule has 0 unspecified atom stereocenters. The van der Waals surface area contributed by atoms with E-state index in [-0.39, 0.29) is 11.1 Å². The standard InChI is InChI=1S/C10H10N2O2S2/c13-9-5-16-8-2-1-6(3-7(8)12-9)4-11-10(14)15/h1-3H,4-5H2,(H,12,13)(H2,11,14,15). The van der Waals surface area contributed by atoms with Crippen LogP contribution in [0.2, 0.25) is 0 Å². The average molecular weight is 254 g/mol. The molecule has 0 bridgehead atoms. The van der Waals surface area contributed by atoms with Gasteiger partial charge in [-0.05, 0) is 17.7 Å². The second-order valence-electron chi connectivity index (χ2n) is 3.33. The van der Waals surface area contributed by atoms with Crippen LogP contribution < -0.4 is 10.6 Å². The van der Waals surface area contributed by atoms with E-state index in [1.807, 2.05) is 18.2 Å². The van der Waals surface area contributed by atoms with Gasteiger partial charge in [-0.3, -0.25) is 9.59 Å². The lowest BCUT2D eigenvalue weighted by molar-refractivity contribution is -0.113. The lowest BCUT2D eigenvalue weighted by Crippen LogP contribution is -2.20. The minimum absolute atomic E-state index is 0.00730. The van der Waals surface area contributed by atoms with E-state index in [0.29, 0.717) is 12.3 Å². The number of hydrogen-bond acceptors (Lipinski definition) is 3. The maximum atomic E-state index is 11.2. The Balaban J connectivity index is 2.14. The third-order valence-electron chi connectivity index (χ3n) is 2.12. The van der Waals surface area contributed by atoms with E-state index in [1.54, 1.807) is 0 Å². The maximum Gasteiger partial charge on any atom is 0.276 e. The van der Waals surface area contributed by atoms with Crippen molar-refractivity contribution in [3.8, 4) is 0 Å². The van der Waals surface area contributed by atoms with Crippen molar-refractivity contribution in [1.29, 1.82) is 0 Å². The zero-order valence-corrected chi connectivity index (χ0v) is 10.0. The summed E-state index contributed by atoms with van der Waals surface area (Å²) in [4.78, 5) is 22.9. The molecule has 6 heteroatoms. The van der Waals surface area contributed by atoms with E-state index in [0.717, 1.165) is 16.1 Å². The molecule has 1 aromatic carbocycles. The van der Waals surface area contributed by atoms with Crippen molar-refractivity contribution in [3.05, 3.63) is 23.8 Å². The number of fused-ring (bicyclic) bond motifs is 1. The fourth-order valence-corrected chi connectivity index (χ4v) is 2.29. The van der Waals surface area contributed by atoms with Gasteiger partial charge in [-0.25, -0.2) is 0 Å². The van der Waals surface area contributed by atoms with Gasteiger partial charge in [0.2, 0.25) is 5.91 Å². The molecule has 1 aliphatic heterocycles. The van der Waals surface area contributed by atoms with Gasteiger partial charge in [-0.1, -0.05) is 18.7 Å². The van der Waals surface area contributed by atoms with Crippen molar-refractivity contribution in [3.63, 3.8) is 0 Å². The Labute approximate surface area is 103 Å². The summed E-state index contributed by atoms with van der Waals surface area (Å²) in [7, 11) is 0. The first kappa shape index (κ1) is 11.3. The van der Waals surface area contributed by atoms with Crippen LogP contribution in [0.1, 0.15) is 5.56 Å². The second kappa shape index (κ2) is 4.80. The summed E-state index contributed by atoms with van der Waals surface area (Å²) in [5.74, 6) is 0.465. The van der Waals surface area contributed by atoms with Gasteiger partial charge in [-0.15, -0.1) is 11.8 Å². The highest BCUT2D eigenvalue weighted by atomic mass is 32.2. The highest BCUT2D eigenvalue weighted by molar-refractivity contribution is 8.00. The molecule has 4 nitrogen and oxygen atoms in total. The van der Waals surface area contributed by atoms with Crippen LogP contribution in [0.3, 0.4) is 0 Å². The van der Waals surface area contributed by atoms with E-state index < -0.39 is 0 Å². The number of carbonyl (C=O) groups is 2. The van der Waals surface area contributed by atoms with Gasteiger partial charge in [0.1, 0.15) is 0 Å². The number of rotatable bonds is 2. The van der Waals surface area contributed by atoms with Crippen molar-refractivity contribution < 1.29 is 9.59 Å². The fraction of sp³-hybridized carbons (Fsp3) is 0.200. The molecule has 0 aliphatic carbocycles. The van der Waals surface area contributed by atoms with Crippen LogP contribution in [-0.4, -0.2) is 16.9 Å². The Bertz CT molecular complexity index is 448. The third kappa shape index (κ3) is 2.70. The molecule has 0 saturated heterocycles. The van der Waals surface area contributed by atoms with Gasteiger partial charge in [-0.2, -0.15) is 0 Å². The molecule has 2 N–H and O–H groups in total. The number of thioether (sulfide) groups is 1. The van der Waals surface area contributed by atoms with Crippen LogP contribution in [0, 0.1) is 0 Å². The summed E-state index contributed by atoms with van der Waals surface area (Å²) < 4.78 is 0. The topological polar surface area (TPSA) is 58.2 Å². The van der Waals surface area contributed by atoms with Gasteiger partial charge >= 0.3 is 0 Å². The molecule has 0 fully saturated rings. The zero-order valence-electron chi connectivity index (χ0n) is 8.32. The van der Waals surface area contributed by atoms with Gasteiger partial charge < -0.3 is 10.6 Å². The molecule has 16 heavy (non-hydrogen) atoms. The van der Waals surface area contributed by atoms with Gasteiger partial charge in [0.25, 0.3) is 5.24 Å². The summed E-state index contributed by atoms with van der Waals surface area (Å²) in [6.07, 6.45) is 0. The van der Waals surface area contributed by atoms with Crippen LogP contribution in [0.4, 0.5) is 10.5 Å². The number of anilines is 1. The molecule has 0 saturated carbocycles. The number of benzene rings is 1. The van der Waals surface area contributed by atoms with Crippen molar-refractivity contribution in [2.24, 2.45) is 0 Å². The van der Waals surface area contributed by atoms with Crippen molar-refractivity contribution >= 4 is 41.2 Å². The first-order chi connectivity index (χ1) is 7.65. The minimum atomic E-state index is -0.365. The SMILES string of the molecule is O=C(S)NCc1ccc2c(c1)NC(=O)CS2. The zero-order chi connectivity index (χ0) is 11.5. The number of carbonyl (C=O) groups excluding carboxylic acids is 2. The van der Waals surface area contributed by atoms with E-state index in [1.165, 1.54) is 11.8 Å². The summed E-state index contributed by atoms with van der Waals surface area (Å²) in [5, 5.41) is 5.02. The number of amides is 2. The Morgan fingerprint density at radius 3 is 3.12 bits per heavy atom. The summed E-state index contributed by atoms with van der Waals surface area (Å²) in [6.45, 7) is 0.413. The Kier molecular flexibility index (Phi) is 3.40. The second-order valence-corrected chi connectivity index (χ2v) is 4.75. The maximum absolute atomic E-state index is 11.2. The quantitative estimate of drug-likeness (QED) is 0.706. The molecule has 1 heterocycles. The van der Waals surface area contributed by atoms with E-state index in [2.05, 4.69) is 23.3 Å². The van der Waals surface area contributed by atoms with Crippen LogP contribution in [0.5, 0.6) is 0 Å². The first-order valence-electron chi connectivity index (χ1n) is 4.67. The Morgan fingerprint density at radius 2 is 2.38 bits per heavy atom. The average Bonchev–Trinajstić information content (AvgIpc) is 2.25. The molecule has 0 atom stereocenters. The molecule has 84 valence electrons. The number of nitrogens with one attached hydrogen (secondary N) is 2. The molecule has 1 aliphatic rings. The smallest absolute Gasteiger partial charge is 0.276 e. The number of thiol groups is 1. The molecular weight excluding hydrogens is 244 g/mol. The lowest BCUT2D eigenvalue weighted by atomic mass is 10.2. The minimum Gasteiger partial charge on any atom is -0.343 e. The van der Waals surface area contributed by atoms with Crippen LogP contribution in [-0.2, 0) is 11.3 Å². The molecule has 2 amide bonds. The molecule has 0 radical (unpaired) electrons. The summed E-state index contributed by atoms with van der Waals surface area (Å²) in [6, 6.07) is 5.73. The van der Waals surface area contributed by atoms with E-state index >= 15 is 0 Å². The Morgan fingerprint density at radius 1 is 1.56 bits per heavy atom. The summed E-state index contributed by atoms with van der Waals surface area (Å²) >= 11 is 5.13. The van der Waals surface area contributed by atoms with Crippen molar-refractivity contribution in [2.75, 3.05) is 11.1 Å². The molecule has 0 spiro atoms. The van der Waals surface area contributed by atoms with E-state index in [4.69, 9.17) is 0 Å². The van der Waals surface area contributed by atoms with Crippen LogP contribution >= 0.6 is 24.4 Å². The predicted molar refractivity (Wildman–Crippen MR) is 67.0 cm³/mol.